The molecule has 9 heteroatoms. The molecule has 0 fully saturated rings. The number of aromatic hydroxyl groups is 1. The largest absolute Gasteiger partial charge is 0.508 e. The van der Waals surface area contributed by atoms with E-state index in [1.807, 2.05) is 0 Å². The van der Waals surface area contributed by atoms with Crippen LogP contribution in [0.3, 0.4) is 0 Å². The van der Waals surface area contributed by atoms with Crippen LogP contribution in [0.4, 0.5) is 5.13 Å². The van der Waals surface area contributed by atoms with Crippen LogP contribution >= 0.6 is 11.3 Å². The summed E-state index contributed by atoms with van der Waals surface area (Å²) in [6, 6.07) is 4.43. The summed E-state index contributed by atoms with van der Waals surface area (Å²) in [5.41, 5.74) is 0.746. The standard InChI is InChI=1S/C17H14N2O6S/c1-8-11-3-2-10(20)5-13(11)25-16(24)12(8)6-14(21)19-17-18-9(7-26-17)4-15(22)23/h2-3,5,7,20H,4,6H2,1H3,(H,22,23)(H,18,19,21). The third kappa shape index (κ3) is 3.72. The topological polar surface area (TPSA) is 130 Å². The summed E-state index contributed by atoms with van der Waals surface area (Å²) in [5.74, 6) is -1.50. The zero-order chi connectivity index (χ0) is 18.8. The fraction of sp³-hybridized carbons (Fsp3) is 0.176. The maximum atomic E-state index is 12.2. The Balaban J connectivity index is 1.81. The van der Waals surface area contributed by atoms with E-state index in [0.717, 1.165) is 11.3 Å². The number of carboxylic acid groups (broad SMARTS) is 1. The van der Waals surface area contributed by atoms with Gasteiger partial charge in [-0.3, -0.25) is 9.59 Å². The van der Waals surface area contributed by atoms with Crippen molar-refractivity contribution in [2.24, 2.45) is 0 Å². The van der Waals surface area contributed by atoms with Crippen molar-refractivity contribution in [1.29, 1.82) is 0 Å². The van der Waals surface area contributed by atoms with Gasteiger partial charge in [0, 0.05) is 16.8 Å². The number of nitrogens with one attached hydrogen (secondary N) is 1. The number of hydrogen-bond acceptors (Lipinski definition) is 7. The van der Waals surface area contributed by atoms with Crippen molar-refractivity contribution in [3.63, 3.8) is 0 Å². The summed E-state index contributed by atoms with van der Waals surface area (Å²) in [7, 11) is 0. The lowest BCUT2D eigenvalue weighted by molar-refractivity contribution is -0.136. The Morgan fingerprint density at radius 2 is 2.08 bits per heavy atom. The van der Waals surface area contributed by atoms with Crippen LogP contribution in [0.2, 0.25) is 0 Å². The van der Waals surface area contributed by atoms with Crippen LogP contribution in [-0.2, 0) is 22.4 Å². The molecule has 0 unspecified atom stereocenters. The number of fused-ring (bicyclic) bond motifs is 1. The number of amides is 1. The number of rotatable bonds is 5. The molecule has 0 radical (unpaired) electrons. The summed E-state index contributed by atoms with van der Waals surface area (Å²) in [5, 5.41) is 23.2. The van der Waals surface area contributed by atoms with Gasteiger partial charge in [-0.1, -0.05) is 0 Å². The quantitative estimate of drug-likeness (QED) is 0.583. The van der Waals surface area contributed by atoms with E-state index in [1.54, 1.807) is 18.4 Å². The molecule has 0 saturated heterocycles. The molecule has 2 aromatic heterocycles. The van der Waals surface area contributed by atoms with Crippen LogP contribution in [0.15, 0.2) is 32.8 Å². The fourth-order valence-electron chi connectivity index (χ4n) is 2.51. The number of carboxylic acids is 1. The minimum absolute atomic E-state index is 0.0218. The summed E-state index contributed by atoms with van der Waals surface area (Å²) in [6.45, 7) is 1.70. The zero-order valence-corrected chi connectivity index (χ0v) is 14.4. The fourth-order valence-corrected chi connectivity index (χ4v) is 3.24. The van der Waals surface area contributed by atoms with Crippen molar-refractivity contribution in [1.82, 2.24) is 4.98 Å². The second-order valence-corrected chi connectivity index (χ2v) is 6.47. The van der Waals surface area contributed by atoms with Crippen LogP contribution < -0.4 is 10.9 Å². The Hall–Kier alpha value is -3.20. The molecule has 1 amide bonds. The minimum Gasteiger partial charge on any atom is -0.508 e. The molecular formula is C17H14N2O6S. The molecule has 0 spiro atoms. The Bertz CT molecular complexity index is 1070. The van der Waals surface area contributed by atoms with Crippen molar-refractivity contribution in [2.45, 2.75) is 19.8 Å². The van der Waals surface area contributed by atoms with E-state index in [4.69, 9.17) is 9.52 Å². The number of aryl methyl sites for hydroxylation is 1. The monoisotopic (exact) mass is 374 g/mol. The average Bonchev–Trinajstić information content (AvgIpc) is 2.97. The normalized spacial score (nSPS) is 10.8. The third-order valence-electron chi connectivity index (χ3n) is 3.74. The van der Waals surface area contributed by atoms with Crippen LogP contribution in [0.1, 0.15) is 16.8 Å². The van der Waals surface area contributed by atoms with Crippen LogP contribution in [0.25, 0.3) is 11.0 Å². The molecule has 0 aliphatic carbocycles. The molecule has 1 aromatic carbocycles. The van der Waals surface area contributed by atoms with Gasteiger partial charge in [-0.05, 0) is 24.6 Å². The minimum atomic E-state index is -1.01. The van der Waals surface area contributed by atoms with Crippen molar-refractivity contribution < 1.29 is 24.2 Å². The van der Waals surface area contributed by atoms with E-state index in [-0.39, 0.29) is 34.9 Å². The smallest absolute Gasteiger partial charge is 0.340 e. The van der Waals surface area contributed by atoms with Gasteiger partial charge in [-0.15, -0.1) is 11.3 Å². The van der Waals surface area contributed by atoms with Gasteiger partial charge in [-0.2, -0.15) is 0 Å². The Kier molecular flexibility index (Phi) is 4.72. The lowest BCUT2D eigenvalue weighted by Crippen LogP contribution is -2.20. The number of anilines is 1. The molecule has 3 rings (SSSR count). The highest BCUT2D eigenvalue weighted by molar-refractivity contribution is 7.13. The first-order valence-corrected chi connectivity index (χ1v) is 8.43. The molecule has 3 N–H and O–H groups in total. The molecule has 0 bridgehead atoms. The number of carbonyl (C=O) groups excluding carboxylic acids is 1. The molecule has 26 heavy (non-hydrogen) atoms. The van der Waals surface area contributed by atoms with Gasteiger partial charge in [0.2, 0.25) is 5.91 Å². The molecular weight excluding hydrogens is 360 g/mol. The molecule has 2 heterocycles. The van der Waals surface area contributed by atoms with Crippen molar-refractivity contribution in [2.75, 3.05) is 5.32 Å². The average molecular weight is 374 g/mol. The number of carbonyl (C=O) groups is 2. The molecule has 0 aliphatic heterocycles. The van der Waals surface area contributed by atoms with Crippen molar-refractivity contribution >= 4 is 39.3 Å². The summed E-state index contributed by atoms with van der Waals surface area (Å²) in [4.78, 5) is 39.1. The van der Waals surface area contributed by atoms with Gasteiger partial charge in [0.25, 0.3) is 0 Å². The highest BCUT2D eigenvalue weighted by Gasteiger charge is 2.16. The highest BCUT2D eigenvalue weighted by Crippen LogP contribution is 2.24. The predicted octanol–water partition coefficient (Wildman–Crippen LogP) is 2.07. The van der Waals surface area contributed by atoms with E-state index >= 15 is 0 Å². The predicted molar refractivity (Wildman–Crippen MR) is 94.7 cm³/mol. The number of phenols is 1. The van der Waals surface area contributed by atoms with E-state index in [0.29, 0.717) is 16.6 Å². The van der Waals surface area contributed by atoms with Gasteiger partial charge < -0.3 is 19.9 Å². The SMILES string of the molecule is Cc1c(CC(=O)Nc2nc(CC(=O)O)cs2)c(=O)oc2cc(O)ccc12. The van der Waals surface area contributed by atoms with Crippen LogP contribution in [-0.4, -0.2) is 27.1 Å². The summed E-state index contributed by atoms with van der Waals surface area (Å²) in [6.07, 6.45) is -0.439. The highest BCUT2D eigenvalue weighted by atomic mass is 32.1. The lowest BCUT2D eigenvalue weighted by atomic mass is 10.0. The van der Waals surface area contributed by atoms with Crippen molar-refractivity contribution in [3.8, 4) is 5.75 Å². The third-order valence-corrected chi connectivity index (χ3v) is 4.55. The molecule has 3 aromatic rings. The van der Waals surface area contributed by atoms with E-state index in [2.05, 4.69) is 10.3 Å². The Labute approximate surface area is 150 Å². The maximum Gasteiger partial charge on any atom is 0.340 e. The number of phenolic OH excluding ortho intramolecular Hbond substituents is 1. The summed E-state index contributed by atoms with van der Waals surface area (Å²) < 4.78 is 5.18. The molecule has 0 atom stereocenters. The number of hydrogen-bond donors (Lipinski definition) is 3. The van der Waals surface area contributed by atoms with Crippen LogP contribution in [0, 0.1) is 6.92 Å². The number of aliphatic carboxylic acids is 1. The number of benzene rings is 1. The van der Waals surface area contributed by atoms with Gasteiger partial charge in [0.05, 0.1) is 24.1 Å². The van der Waals surface area contributed by atoms with E-state index in [9.17, 15) is 19.5 Å². The molecule has 134 valence electrons. The second-order valence-electron chi connectivity index (χ2n) is 5.61. The van der Waals surface area contributed by atoms with E-state index < -0.39 is 17.5 Å². The van der Waals surface area contributed by atoms with Crippen LogP contribution in [0.5, 0.6) is 5.75 Å². The summed E-state index contributed by atoms with van der Waals surface area (Å²) >= 11 is 1.11. The molecule has 0 aliphatic rings. The Morgan fingerprint density at radius 1 is 1.31 bits per heavy atom. The molecule has 8 nitrogen and oxygen atoms in total. The lowest BCUT2D eigenvalue weighted by Gasteiger charge is -2.07. The zero-order valence-electron chi connectivity index (χ0n) is 13.6. The first-order chi connectivity index (χ1) is 12.3. The van der Waals surface area contributed by atoms with Crippen molar-refractivity contribution in [3.05, 3.63) is 50.8 Å². The number of aromatic nitrogens is 1. The van der Waals surface area contributed by atoms with E-state index in [1.165, 1.54) is 12.1 Å². The van der Waals surface area contributed by atoms with Gasteiger partial charge in [0.1, 0.15) is 11.3 Å². The number of thiazole rings is 1. The van der Waals surface area contributed by atoms with Gasteiger partial charge in [-0.25, -0.2) is 9.78 Å². The molecule has 0 saturated carbocycles. The maximum absolute atomic E-state index is 12.2. The second kappa shape index (κ2) is 6.96. The first kappa shape index (κ1) is 17.6. The number of nitrogens with zero attached hydrogens (tertiary/aromatic N) is 1. The first-order valence-electron chi connectivity index (χ1n) is 7.55. The Morgan fingerprint density at radius 3 is 2.81 bits per heavy atom. The van der Waals surface area contributed by atoms with Gasteiger partial charge >= 0.3 is 11.6 Å². The van der Waals surface area contributed by atoms with Gasteiger partial charge in [0.15, 0.2) is 5.13 Å².